The molecular formula is C6H9BrF2. The largest absolute Gasteiger partial charge is 0.251 e. The third-order valence-corrected chi connectivity index (χ3v) is 2.63. The quantitative estimate of drug-likeness (QED) is 0.569. The van der Waals surface area contributed by atoms with Gasteiger partial charge in [0.15, 0.2) is 0 Å². The molecule has 1 atom stereocenters. The molecule has 1 aliphatic carbocycles. The summed E-state index contributed by atoms with van der Waals surface area (Å²) in [6.07, 6.45) is 1.45. The molecule has 0 aromatic rings. The Morgan fingerprint density at radius 2 is 2.22 bits per heavy atom. The Balaban J connectivity index is 2.52. The van der Waals surface area contributed by atoms with E-state index in [1.54, 1.807) is 0 Å². The number of rotatable bonds is 1. The van der Waals surface area contributed by atoms with E-state index in [0.29, 0.717) is 18.2 Å². The topological polar surface area (TPSA) is 0 Å². The van der Waals surface area contributed by atoms with Crippen molar-refractivity contribution in [3.63, 3.8) is 0 Å². The van der Waals surface area contributed by atoms with E-state index in [1.165, 1.54) is 0 Å². The normalized spacial score (nSPS) is 33.0. The Morgan fingerprint density at radius 3 is 2.44 bits per heavy atom. The summed E-state index contributed by atoms with van der Waals surface area (Å²) in [6, 6.07) is 0. The van der Waals surface area contributed by atoms with Crippen LogP contribution in [0.3, 0.4) is 0 Å². The third kappa shape index (κ3) is 1.42. The van der Waals surface area contributed by atoms with Gasteiger partial charge in [0.1, 0.15) is 0 Å². The predicted octanol–water partition coefficient (Wildman–Crippen LogP) is 2.82. The van der Waals surface area contributed by atoms with E-state index >= 15 is 0 Å². The second kappa shape index (κ2) is 2.52. The molecule has 0 saturated heterocycles. The van der Waals surface area contributed by atoms with Gasteiger partial charge in [-0.1, -0.05) is 15.9 Å². The molecule has 0 N–H and O–H groups in total. The van der Waals surface area contributed by atoms with E-state index in [2.05, 4.69) is 15.9 Å². The predicted molar refractivity (Wildman–Crippen MR) is 36.1 cm³/mol. The molecule has 1 unspecified atom stereocenters. The molecule has 54 valence electrons. The van der Waals surface area contributed by atoms with Gasteiger partial charge >= 0.3 is 0 Å². The zero-order valence-corrected chi connectivity index (χ0v) is 6.63. The first-order chi connectivity index (χ1) is 4.17. The van der Waals surface area contributed by atoms with E-state index < -0.39 is 11.8 Å². The molecule has 0 radical (unpaired) electrons. The molecule has 0 spiro atoms. The lowest BCUT2D eigenvalue weighted by atomic mass is 10.1. The summed E-state index contributed by atoms with van der Waals surface area (Å²) in [5, 5.41) is 0.444. The minimum atomic E-state index is -2.39. The first kappa shape index (κ1) is 7.45. The van der Waals surface area contributed by atoms with Crippen LogP contribution in [0.1, 0.15) is 19.3 Å². The van der Waals surface area contributed by atoms with Crippen LogP contribution in [0.15, 0.2) is 0 Å². The number of halogens is 3. The Morgan fingerprint density at radius 1 is 1.56 bits per heavy atom. The van der Waals surface area contributed by atoms with Crippen molar-refractivity contribution in [3.8, 4) is 0 Å². The summed E-state index contributed by atoms with van der Waals surface area (Å²) in [5.74, 6) is -2.79. The smallest absolute Gasteiger partial charge is 0.207 e. The van der Waals surface area contributed by atoms with Gasteiger partial charge in [-0.25, -0.2) is 8.78 Å². The monoisotopic (exact) mass is 198 g/mol. The molecule has 0 nitrogen and oxygen atoms in total. The van der Waals surface area contributed by atoms with E-state index in [0.717, 1.165) is 0 Å². The van der Waals surface area contributed by atoms with Crippen LogP contribution in [-0.2, 0) is 0 Å². The molecule has 0 aromatic carbocycles. The van der Waals surface area contributed by atoms with E-state index in [4.69, 9.17) is 0 Å². The molecule has 1 saturated carbocycles. The van der Waals surface area contributed by atoms with E-state index in [1.807, 2.05) is 0 Å². The molecule has 0 amide bonds. The number of alkyl halides is 3. The highest BCUT2D eigenvalue weighted by Crippen LogP contribution is 2.40. The minimum absolute atomic E-state index is 0.0866. The van der Waals surface area contributed by atoms with Gasteiger partial charge in [0.05, 0.1) is 0 Å². The highest BCUT2D eigenvalue weighted by atomic mass is 79.9. The molecular weight excluding hydrogens is 190 g/mol. The van der Waals surface area contributed by atoms with Crippen LogP contribution in [0.4, 0.5) is 8.78 Å². The molecule has 1 rings (SSSR count). The summed E-state index contributed by atoms with van der Waals surface area (Å²) in [5.41, 5.74) is 0. The first-order valence-corrected chi connectivity index (χ1v) is 4.23. The Bertz CT molecular complexity index is 103. The molecule has 0 aliphatic heterocycles. The fourth-order valence-electron chi connectivity index (χ4n) is 1.19. The lowest BCUT2D eigenvalue weighted by Crippen LogP contribution is -2.22. The van der Waals surface area contributed by atoms with Crippen molar-refractivity contribution < 1.29 is 8.78 Å². The van der Waals surface area contributed by atoms with Gasteiger partial charge in [0, 0.05) is 17.7 Å². The minimum Gasteiger partial charge on any atom is -0.207 e. The average molecular weight is 199 g/mol. The van der Waals surface area contributed by atoms with Crippen molar-refractivity contribution in [2.24, 2.45) is 5.92 Å². The van der Waals surface area contributed by atoms with Gasteiger partial charge < -0.3 is 0 Å². The highest BCUT2D eigenvalue weighted by molar-refractivity contribution is 9.09. The summed E-state index contributed by atoms with van der Waals surface area (Å²) in [7, 11) is 0. The molecule has 0 aromatic heterocycles. The lowest BCUT2D eigenvalue weighted by Gasteiger charge is -2.15. The Hall–Kier alpha value is 0.340. The van der Waals surface area contributed by atoms with Gasteiger partial charge in [0.2, 0.25) is 0 Å². The fraction of sp³-hybridized carbons (Fsp3) is 1.00. The van der Waals surface area contributed by atoms with E-state index in [9.17, 15) is 8.78 Å². The van der Waals surface area contributed by atoms with Crippen molar-refractivity contribution in [2.75, 3.05) is 5.33 Å². The van der Waals surface area contributed by atoms with Crippen LogP contribution >= 0.6 is 15.9 Å². The zero-order valence-electron chi connectivity index (χ0n) is 5.04. The van der Waals surface area contributed by atoms with Crippen molar-refractivity contribution in [1.29, 1.82) is 0 Å². The molecule has 3 heteroatoms. The van der Waals surface area contributed by atoms with Crippen LogP contribution in [0.25, 0.3) is 0 Å². The summed E-state index contributed by atoms with van der Waals surface area (Å²) < 4.78 is 25.2. The van der Waals surface area contributed by atoms with Crippen molar-refractivity contribution in [1.82, 2.24) is 0 Å². The van der Waals surface area contributed by atoms with Crippen LogP contribution in [0.2, 0.25) is 0 Å². The molecule has 9 heavy (non-hydrogen) atoms. The van der Waals surface area contributed by atoms with Crippen molar-refractivity contribution >= 4 is 15.9 Å². The lowest BCUT2D eigenvalue weighted by molar-refractivity contribution is -0.0277. The van der Waals surface area contributed by atoms with E-state index in [-0.39, 0.29) is 6.42 Å². The number of hydrogen-bond donors (Lipinski definition) is 0. The molecule has 0 heterocycles. The van der Waals surface area contributed by atoms with Crippen LogP contribution in [0.5, 0.6) is 0 Å². The van der Waals surface area contributed by atoms with Crippen LogP contribution in [0, 0.1) is 5.92 Å². The Kier molecular flexibility index (Phi) is 2.09. The average Bonchev–Trinajstić information content (AvgIpc) is 2.08. The Labute approximate surface area is 61.8 Å². The second-order valence-corrected chi connectivity index (χ2v) is 3.15. The summed E-state index contributed by atoms with van der Waals surface area (Å²) in [4.78, 5) is 0. The van der Waals surface area contributed by atoms with Gasteiger partial charge in [-0.05, 0) is 12.8 Å². The maximum atomic E-state index is 12.6. The zero-order chi connectivity index (χ0) is 6.91. The van der Waals surface area contributed by atoms with Gasteiger partial charge in [-0.2, -0.15) is 0 Å². The maximum Gasteiger partial charge on any atom is 0.251 e. The van der Waals surface area contributed by atoms with Gasteiger partial charge in [0.25, 0.3) is 5.92 Å². The molecule has 1 fully saturated rings. The van der Waals surface area contributed by atoms with Gasteiger partial charge in [-0.15, -0.1) is 0 Å². The third-order valence-electron chi connectivity index (χ3n) is 1.85. The summed E-state index contributed by atoms with van der Waals surface area (Å²) in [6.45, 7) is 0. The molecule has 0 bridgehead atoms. The van der Waals surface area contributed by atoms with Crippen LogP contribution in [-0.4, -0.2) is 11.3 Å². The molecule has 1 aliphatic rings. The van der Waals surface area contributed by atoms with Gasteiger partial charge in [-0.3, -0.25) is 0 Å². The highest BCUT2D eigenvalue weighted by Gasteiger charge is 2.42. The first-order valence-electron chi connectivity index (χ1n) is 3.10. The van der Waals surface area contributed by atoms with Crippen LogP contribution < -0.4 is 0 Å². The maximum absolute atomic E-state index is 12.6. The fourth-order valence-corrected chi connectivity index (χ4v) is 1.99. The van der Waals surface area contributed by atoms with Crippen molar-refractivity contribution in [2.45, 2.75) is 25.2 Å². The summed E-state index contributed by atoms with van der Waals surface area (Å²) >= 11 is 3.07. The van der Waals surface area contributed by atoms with Crippen molar-refractivity contribution in [3.05, 3.63) is 0 Å². The number of hydrogen-bond acceptors (Lipinski definition) is 0. The SMILES string of the molecule is FC1(F)CCCC1CBr. The standard InChI is InChI=1S/C6H9BrF2/c7-4-5-2-1-3-6(5,8)9/h5H,1-4H2. The second-order valence-electron chi connectivity index (χ2n) is 2.50.